The van der Waals surface area contributed by atoms with Gasteiger partial charge in [-0.15, -0.1) is 0 Å². The lowest BCUT2D eigenvalue weighted by atomic mass is 9.83. The summed E-state index contributed by atoms with van der Waals surface area (Å²) >= 11 is 0. The van der Waals surface area contributed by atoms with E-state index in [1.807, 2.05) is 50.0 Å². The van der Waals surface area contributed by atoms with Gasteiger partial charge in [-0.1, -0.05) is 18.7 Å². The van der Waals surface area contributed by atoms with Gasteiger partial charge in [-0.05, 0) is 81.2 Å². The third-order valence-electron chi connectivity index (χ3n) is 10.7. The number of aromatic nitrogens is 5. The highest BCUT2D eigenvalue weighted by atomic mass is 19.1. The third kappa shape index (κ3) is 5.39. The van der Waals surface area contributed by atoms with E-state index < -0.39 is 11.6 Å². The van der Waals surface area contributed by atoms with Gasteiger partial charge in [-0.25, -0.2) is 13.8 Å². The third-order valence-corrected chi connectivity index (χ3v) is 10.7. The van der Waals surface area contributed by atoms with E-state index in [9.17, 15) is 9.18 Å². The molecule has 0 bridgehead atoms. The zero-order valence-corrected chi connectivity index (χ0v) is 28.7. The van der Waals surface area contributed by atoms with Crippen LogP contribution in [0, 0.1) is 17.6 Å². The smallest absolute Gasteiger partial charge is 0.246 e. The van der Waals surface area contributed by atoms with Gasteiger partial charge in [0.05, 0.1) is 53.0 Å². The Morgan fingerprint density at radius 3 is 2.62 bits per heavy atom. The molecule has 2 aliphatic carbocycles. The van der Waals surface area contributed by atoms with Crippen molar-refractivity contribution in [3.05, 3.63) is 83.7 Å². The minimum Gasteiger partial charge on any atom is -0.492 e. The average molecular weight is 679 g/mol. The topological polar surface area (TPSA) is 87.3 Å². The number of hydrogen-bond donors (Lipinski definition) is 0. The molecule has 0 N–H and O–H groups in total. The minimum absolute atomic E-state index is 0.123. The van der Waals surface area contributed by atoms with Crippen LogP contribution in [0.3, 0.4) is 0 Å². The summed E-state index contributed by atoms with van der Waals surface area (Å²) < 4.78 is 46.7. The number of hydrogen-bond acceptors (Lipinski definition) is 6. The predicted octanol–water partition coefficient (Wildman–Crippen LogP) is 7.39. The second-order valence-corrected chi connectivity index (χ2v) is 14.0. The summed E-state index contributed by atoms with van der Waals surface area (Å²) in [4.78, 5) is 19.9. The van der Waals surface area contributed by atoms with Crippen molar-refractivity contribution in [1.82, 2.24) is 29.4 Å². The van der Waals surface area contributed by atoms with E-state index in [1.54, 1.807) is 16.7 Å². The summed E-state index contributed by atoms with van der Waals surface area (Å²) in [5, 5.41) is 10.7. The zero-order valence-electron chi connectivity index (χ0n) is 28.7. The number of benzene rings is 2. The quantitative estimate of drug-likeness (QED) is 0.159. The molecule has 3 aliphatic rings. The first-order chi connectivity index (χ1) is 24.1. The van der Waals surface area contributed by atoms with Gasteiger partial charge in [-0.2, -0.15) is 10.2 Å². The fraction of sp³-hybridized carbons (Fsp3) is 0.385. The molecule has 1 fully saturated rings. The lowest BCUT2D eigenvalue weighted by molar-refractivity contribution is -0.129. The van der Waals surface area contributed by atoms with Crippen molar-refractivity contribution in [3.63, 3.8) is 0 Å². The number of ether oxygens (including phenoxy) is 2. The molecule has 3 aromatic heterocycles. The van der Waals surface area contributed by atoms with Crippen LogP contribution in [0.4, 0.5) is 8.78 Å². The molecule has 8 rings (SSSR count). The molecule has 0 saturated heterocycles. The van der Waals surface area contributed by atoms with Gasteiger partial charge >= 0.3 is 0 Å². The Balaban J connectivity index is 1.34. The number of nitrogens with zero attached hydrogens (tertiary/aromatic N) is 6. The van der Waals surface area contributed by atoms with Gasteiger partial charge in [0.1, 0.15) is 23.1 Å². The minimum atomic E-state index is -0.711. The molecule has 258 valence electrons. The van der Waals surface area contributed by atoms with Gasteiger partial charge < -0.3 is 14.4 Å². The molecule has 0 unspecified atom stereocenters. The van der Waals surface area contributed by atoms with Crippen molar-refractivity contribution in [2.75, 3.05) is 20.3 Å². The van der Waals surface area contributed by atoms with Crippen molar-refractivity contribution in [2.45, 2.75) is 64.1 Å². The molecule has 50 heavy (non-hydrogen) atoms. The molecule has 5 aromatic rings. The van der Waals surface area contributed by atoms with Crippen LogP contribution in [0.1, 0.15) is 62.0 Å². The highest BCUT2D eigenvalue weighted by molar-refractivity contribution is 5.91. The summed E-state index contributed by atoms with van der Waals surface area (Å²) in [7, 11) is 3.59. The Labute approximate surface area is 289 Å². The maximum Gasteiger partial charge on any atom is 0.246 e. The number of methoxy groups -OCH3 is 1. The molecule has 1 amide bonds. The van der Waals surface area contributed by atoms with E-state index in [-0.39, 0.29) is 41.3 Å². The molecule has 11 heteroatoms. The molecule has 0 spiro atoms. The van der Waals surface area contributed by atoms with Crippen LogP contribution < -0.4 is 4.74 Å². The molecule has 0 radical (unpaired) electrons. The molecular formula is C39H40F2N6O3. The Bertz CT molecular complexity index is 2170. The van der Waals surface area contributed by atoms with Gasteiger partial charge in [0.25, 0.3) is 0 Å². The van der Waals surface area contributed by atoms with Crippen LogP contribution >= 0.6 is 0 Å². The van der Waals surface area contributed by atoms with E-state index >= 15 is 4.39 Å². The number of fused-ring (bicyclic) bond motifs is 3. The summed E-state index contributed by atoms with van der Waals surface area (Å²) in [6.45, 7) is 8.47. The lowest BCUT2D eigenvalue weighted by Gasteiger charge is -2.36. The van der Waals surface area contributed by atoms with Crippen molar-refractivity contribution >= 4 is 16.8 Å². The first-order valence-electron chi connectivity index (χ1n) is 17.3. The molecule has 1 aliphatic heterocycles. The number of pyridine rings is 1. The van der Waals surface area contributed by atoms with Crippen LogP contribution in [0.2, 0.25) is 0 Å². The molecule has 2 atom stereocenters. The zero-order chi connectivity index (χ0) is 34.8. The monoisotopic (exact) mass is 678 g/mol. The van der Waals surface area contributed by atoms with Crippen molar-refractivity contribution in [3.8, 4) is 39.5 Å². The van der Waals surface area contributed by atoms with Crippen molar-refractivity contribution in [1.29, 1.82) is 0 Å². The van der Waals surface area contributed by atoms with Crippen LogP contribution in [0.5, 0.6) is 5.75 Å². The molecule has 2 aromatic carbocycles. The van der Waals surface area contributed by atoms with Gasteiger partial charge in [0, 0.05) is 55.5 Å². The van der Waals surface area contributed by atoms with E-state index in [2.05, 4.69) is 17.7 Å². The highest BCUT2D eigenvalue weighted by Crippen LogP contribution is 2.48. The van der Waals surface area contributed by atoms with Crippen LogP contribution in [-0.4, -0.2) is 61.7 Å². The standard InChI is InChI=1S/C39H40F2N6O3/c1-6-35(48)46-18-21(2)47-33(22(46)3)17-32(44-47)39-36(37-30(41)15-26(40)16-34(37)50-20-23-12-27(13-23)49-5)28-8-7-9-29(28)38(42-39)24-10-11-25-19-45(4)43-31(25)14-24/h6,10-11,14-17,19,21-23,27H,1,7-9,12-13,18,20H2,2-5H3/t21-,22+,23?,27?/m0/s1. The number of halogens is 2. The molecule has 9 nitrogen and oxygen atoms in total. The highest BCUT2D eigenvalue weighted by Gasteiger charge is 2.36. The molecule has 4 heterocycles. The van der Waals surface area contributed by atoms with Gasteiger partial charge in [0.15, 0.2) is 0 Å². The number of aryl methyl sites for hydroxylation is 1. The van der Waals surface area contributed by atoms with Crippen LogP contribution in [0.25, 0.3) is 44.7 Å². The maximum atomic E-state index is 16.4. The summed E-state index contributed by atoms with van der Waals surface area (Å²) in [6, 6.07) is 9.88. The number of amides is 1. The van der Waals surface area contributed by atoms with E-state index in [4.69, 9.17) is 19.6 Å². The predicted molar refractivity (Wildman–Crippen MR) is 187 cm³/mol. The fourth-order valence-corrected chi connectivity index (χ4v) is 8.02. The number of carbonyl (C=O) groups excluding carboxylic acids is 1. The van der Waals surface area contributed by atoms with E-state index in [0.29, 0.717) is 36.5 Å². The second-order valence-electron chi connectivity index (χ2n) is 14.0. The largest absolute Gasteiger partial charge is 0.492 e. The SMILES string of the molecule is C=CC(=O)N1C[C@H](C)n2nc(-c3nc(-c4ccc5cn(C)nc5c4)c4c(c3-c3c(F)cc(F)cc3OCC3CC(OC)C3)CCC4)cc2[C@H]1C. The Morgan fingerprint density at radius 1 is 1.04 bits per heavy atom. The van der Waals surface area contributed by atoms with Gasteiger partial charge in [0.2, 0.25) is 5.91 Å². The summed E-state index contributed by atoms with van der Waals surface area (Å²) in [5.41, 5.74) is 7.19. The first-order valence-corrected chi connectivity index (χ1v) is 17.3. The average Bonchev–Trinajstić information content (AvgIpc) is 3.83. The van der Waals surface area contributed by atoms with Gasteiger partial charge in [-0.3, -0.25) is 14.2 Å². The normalized spacial score (nSPS) is 21.2. The Kier molecular flexibility index (Phi) is 8.05. The maximum absolute atomic E-state index is 16.4. The molecule has 1 saturated carbocycles. The summed E-state index contributed by atoms with van der Waals surface area (Å²) in [6.07, 6.45) is 7.47. The second kappa shape index (κ2) is 12.5. The summed E-state index contributed by atoms with van der Waals surface area (Å²) in [5.74, 6) is -1.19. The lowest BCUT2D eigenvalue weighted by Crippen LogP contribution is -2.42. The van der Waals surface area contributed by atoms with Crippen LogP contribution in [-0.2, 0) is 29.4 Å². The number of carbonyl (C=O) groups is 1. The Morgan fingerprint density at radius 2 is 1.84 bits per heavy atom. The van der Waals surface area contributed by atoms with Crippen LogP contribution in [0.15, 0.2) is 55.3 Å². The van der Waals surface area contributed by atoms with E-state index in [1.165, 1.54) is 12.1 Å². The molecular weight excluding hydrogens is 638 g/mol. The Hall–Kier alpha value is -4.90. The number of rotatable bonds is 8. The fourth-order valence-electron chi connectivity index (χ4n) is 8.02. The first kappa shape index (κ1) is 32.3. The van der Waals surface area contributed by atoms with E-state index in [0.717, 1.165) is 70.7 Å². The van der Waals surface area contributed by atoms with Crippen molar-refractivity contribution < 1.29 is 23.0 Å². The van der Waals surface area contributed by atoms with Crippen molar-refractivity contribution in [2.24, 2.45) is 13.0 Å².